The highest BCUT2D eigenvalue weighted by Gasteiger charge is 2.14. The van der Waals surface area contributed by atoms with Crippen molar-refractivity contribution < 1.29 is 0 Å². The minimum absolute atomic E-state index is 0.304. The van der Waals surface area contributed by atoms with Crippen molar-refractivity contribution in [1.82, 2.24) is 0 Å². The molecule has 1 saturated carbocycles. The molecule has 0 aromatic carbocycles. The predicted octanol–water partition coefficient (Wildman–Crippen LogP) is 2.79. The van der Waals surface area contributed by atoms with E-state index in [9.17, 15) is 0 Å². The van der Waals surface area contributed by atoms with Gasteiger partial charge in [0, 0.05) is 23.5 Å². The molecule has 1 aliphatic carbocycles. The van der Waals surface area contributed by atoms with Crippen LogP contribution >= 0.6 is 11.8 Å². The van der Waals surface area contributed by atoms with Gasteiger partial charge in [0.2, 0.25) is 0 Å². The molecular weight excluding hydrogens is 190 g/mol. The molecule has 14 heavy (non-hydrogen) atoms. The lowest BCUT2D eigenvalue weighted by Crippen LogP contribution is -2.24. The van der Waals surface area contributed by atoms with E-state index in [4.69, 9.17) is 12.2 Å². The van der Waals surface area contributed by atoms with Crippen molar-refractivity contribution in [1.29, 1.82) is 0 Å². The van der Waals surface area contributed by atoms with E-state index in [-0.39, 0.29) is 0 Å². The third-order valence-electron chi connectivity index (χ3n) is 2.76. The lowest BCUT2D eigenvalue weighted by atomic mass is 10.0. The van der Waals surface area contributed by atoms with Crippen molar-refractivity contribution in [2.24, 2.45) is 5.73 Å². The van der Waals surface area contributed by atoms with Crippen LogP contribution in [0.4, 0.5) is 0 Å². The summed E-state index contributed by atoms with van der Waals surface area (Å²) in [7, 11) is 0. The highest BCUT2D eigenvalue weighted by molar-refractivity contribution is 7.99. The van der Waals surface area contributed by atoms with Gasteiger partial charge in [-0.3, -0.25) is 0 Å². The second kappa shape index (κ2) is 7.20. The maximum atomic E-state index is 5.96. The third kappa shape index (κ3) is 4.93. The van der Waals surface area contributed by atoms with Gasteiger partial charge in [-0.05, 0) is 19.3 Å². The number of terminal acetylenes is 1. The molecule has 0 heterocycles. The summed E-state index contributed by atoms with van der Waals surface area (Å²) in [6, 6.07) is 0.304. The van der Waals surface area contributed by atoms with Crippen LogP contribution in [0, 0.1) is 12.3 Å². The van der Waals surface area contributed by atoms with E-state index in [0.29, 0.717) is 6.04 Å². The molecule has 0 aliphatic heterocycles. The van der Waals surface area contributed by atoms with Gasteiger partial charge in [-0.25, -0.2) is 0 Å². The Morgan fingerprint density at radius 2 is 2.07 bits per heavy atom. The normalized spacial score (nSPS) is 20.3. The first-order chi connectivity index (χ1) is 6.83. The largest absolute Gasteiger partial charge is 0.327 e. The van der Waals surface area contributed by atoms with Gasteiger partial charge in [0.1, 0.15) is 0 Å². The van der Waals surface area contributed by atoms with Gasteiger partial charge in [-0.15, -0.1) is 12.3 Å². The number of hydrogen-bond acceptors (Lipinski definition) is 2. The van der Waals surface area contributed by atoms with Crippen LogP contribution in [0.1, 0.15) is 44.9 Å². The average molecular weight is 211 g/mol. The summed E-state index contributed by atoms with van der Waals surface area (Å²) in [6.07, 6.45) is 14.1. The van der Waals surface area contributed by atoms with E-state index in [0.717, 1.165) is 23.8 Å². The van der Waals surface area contributed by atoms with Crippen molar-refractivity contribution in [3.63, 3.8) is 0 Å². The SMILES string of the molecule is C#CCCC(N)CSC1CCCCC1. The van der Waals surface area contributed by atoms with Gasteiger partial charge in [-0.2, -0.15) is 11.8 Å². The Labute approximate surface area is 92.2 Å². The Kier molecular flexibility index (Phi) is 6.14. The molecule has 1 nitrogen and oxygen atoms in total. The van der Waals surface area contributed by atoms with Crippen LogP contribution in [0.15, 0.2) is 0 Å². The summed E-state index contributed by atoms with van der Waals surface area (Å²) < 4.78 is 0. The van der Waals surface area contributed by atoms with Crippen molar-refractivity contribution in [2.45, 2.75) is 56.2 Å². The third-order valence-corrected chi connectivity index (χ3v) is 4.32. The molecular formula is C12H21NS. The summed E-state index contributed by atoms with van der Waals surface area (Å²) in [5.41, 5.74) is 5.96. The summed E-state index contributed by atoms with van der Waals surface area (Å²) in [5, 5.41) is 0.876. The summed E-state index contributed by atoms with van der Waals surface area (Å²) >= 11 is 2.06. The van der Waals surface area contributed by atoms with Gasteiger partial charge in [0.05, 0.1) is 0 Å². The van der Waals surface area contributed by atoms with Crippen molar-refractivity contribution >= 4 is 11.8 Å². The van der Waals surface area contributed by atoms with E-state index < -0.39 is 0 Å². The second-order valence-corrected chi connectivity index (χ2v) is 5.43. The van der Waals surface area contributed by atoms with Crippen molar-refractivity contribution in [3.8, 4) is 12.3 Å². The van der Waals surface area contributed by atoms with Crippen LogP contribution in [-0.2, 0) is 0 Å². The van der Waals surface area contributed by atoms with E-state index in [1.54, 1.807) is 0 Å². The molecule has 0 aromatic heterocycles. The van der Waals surface area contributed by atoms with E-state index >= 15 is 0 Å². The molecule has 2 N–H and O–H groups in total. The fourth-order valence-corrected chi connectivity index (χ4v) is 3.20. The Morgan fingerprint density at radius 1 is 1.36 bits per heavy atom. The fraction of sp³-hybridized carbons (Fsp3) is 0.833. The van der Waals surface area contributed by atoms with Crippen LogP contribution < -0.4 is 5.73 Å². The number of nitrogens with two attached hydrogens (primary N) is 1. The monoisotopic (exact) mass is 211 g/mol. The second-order valence-electron chi connectivity index (χ2n) is 4.10. The molecule has 1 unspecified atom stereocenters. The Bertz CT molecular complexity index is 179. The molecule has 0 amide bonds. The van der Waals surface area contributed by atoms with E-state index in [2.05, 4.69) is 17.7 Å². The molecule has 0 bridgehead atoms. The minimum Gasteiger partial charge on any atom is -0.327 e. The van der Waals surface area contributed by atoms with E-state index in [1.165, 1.54) is 32.1 Å². The van der Waals surface area contributed by atoms with Gasteiger partial charge in [0.25, 0.3) is 0 Å². The highest BCUT2D eigenvalue weighted by atomic mass is 32.2. The predicted molar refractivity (Wildman–Crippen MR) is 65.4 cm³/mol. The summed E-state index contributed by atoms with van der Waals surface area (Å²) in [6.45, 7) is 0. The molecule has 1 fully saturated rings. The smallest absolute Gasteiger partial charge is 0.0139 e. The summed E-state index contributed by atoms with van der Waals surface area (Å²) in [5.74, 6) is 3.74. The first-order valence-electron chi connectivity index (χ1n) is 5.63. The highest BCUT2D eigenvalue weighted by Crippen LogP contribution is 2.28. The number of thioether (sulfide) groups is 1. The number of rotatable bonds is 5. The lowest BCUT2D eigenvalue weighted by molar-refractivity contribution is 0.515. The first kappa shape index (κ1) is 11.9. The van der Waals surface area contributed by atoms with Gasteiger partial charge >= 0.3 is 0 Å². The summed E-state index contributed by atoms with van der Waals surface area (Å²) in [4.78, 5) is 0. The molecule has 1 rings (SSSR count). The molecule has 1 atom stereocenters. The van der Waals surface area contributed by atoms with Crippen LogP contribution in [0.5, 0.6) is 0 Å². The zero-order valence-corrected chi connectivity index (χ0v) is 9.69. The molecule has 1 aliphatic rings. The Morgan fingerprint density at radius 3 is 2.71 bits per heavy atom. The average Bonchev–Trinajstić information content (AvgIpc) is 2.25. The Hall–Kier alpha value is -0.130. The van der Waals surface area contributed by atoms with Crippen LogP contribution in [0.25, 0.3) is 0 Å². The molecule has 80 valence electrons. The van der Waals surface area contributed by atoms with Crippen LogP contribution in [-0.4, -0.2) is 17.0 Å². The number of hydrogen-bond donors (Lipinski definition) is 1. The van der Waals surface area contributed by atoms with Crippen LogP contribution in [0.3, 0.4) is 0 Å². The van der Waals surface area contributed by atoms with Crippen LogP contribution in [0.2, 0.25) is 0 Å². The van der Waals surface area contributed by atoms with Gasteiger partial charge in [0.15, 0.2) is 0 Å². The Balaban J connectivity index is 2.03. The molecule has 0 aromatic rings. The maximum absolute atomic E-state index is 5.96. The molecule has 0 saturated heterocycles. The lowest BCUT2D eigenvalue weighted by Gasteiger charge is -2.22. The molecule has 0 spiro atoms. The maximum Gasteiger partial charge on any atom is 0.0139 e. The quantitative estimate of drug-likeness (QED) is 0.708. The van der Waals surface area contributed by atoms with Crippen molar-refractivity contribution in [3.05, 3.63) is 0 Å². The first-order valence-corrected chi connectivity index (χ1v) is 6.68. The van der Waals surface area contributed by atoms with Gasteiger partial charge < -0.3 is 5.73 Å². The minimum atomic E-state index is 0.304. The van der Waals surface area contributed by atoms with Crippen molar-refractivity contribution in [2.75, 3.05) is 5.75 Å². The van der Waals surface area contributed by atoms with E-state index in [1.807, 2.05) is 0 Å². The zero-order chi connectivity index (χ0) is 10.2. The fourth-order valence-electron chi connectivity index (χ4n) is 1.84. The zero-order valence-electron chi connectivity index (χ0n) is 8.87. The topological polar surface area (TPSA) is 26.0 Å². The molecule has 0 radical (unpaired) electrons. The van der Waals surface area contributed by atoms with Gasteiger partial charge in [-0.1, -0.05) is 19.3 Å². The standard InChI is InChI=1S/C12H21NS/c1-2-3-7-11(13)10-14-12-8-5-4-6-9-12/h1,11-12H,3-10,13H2. The molecule has 2 heteroatoms.